The Kier molecular flexibility index (Phi) is 4.82. The van der Waals surface area contributed by atoms with Crippen molar-refractivity contribution >= 4 is 57.6 Å². The maximum Gasteiger partial charge on any atom is 0.341 e. The first-order chi connectivity index (χ1) is 7.71. The zero-order chi connectivity index (χ0) is 13.2. The Morgan fingerprint density at radius 2 is 1.82 bits per heavy atom. The Morgan fingerprint density at radius 1 is 1.35 bits per heavy atom. The van der Waals surface area contributed by atoms with E-state index in [2.05, 4.69) is 31.9 Å². The summed E-state index contributed by atoms with van der Waals surface area (Å²) in [6.07, 6.45) is 0. The number of benzene rings is 1. The molecule has 5 nitrogen and oxygen atoms in total. The Hall–Kier alpha value is -0.310. The summed E-state index contributed by atoms with van der Waals surface area (Å²) in [6.45, 7) is -0.538. The predicted molar refractivity (Wildman–Crippen MR) is 68.0 cm³/mol. The summed E-state index contributed by atoms with van der Waals surface area (Å²) in [7, 11) is 1.32. The molecule has 0 amide bonds. The van der Waals surface area contributed by atoms with E-state index in [-0.39, 0.29) is 19.6 Å². The Balaban J connectivity index is 3.15. The summed E-state index contributed by atoms with van der Waals surface area (Å²) >= 11 is 6.14. The predicted octanol–water partition coefficient (Wildman–Crippen LogP) is 2.60. The van der Waals surface area contributed by atoms with Crippen molar-refractivity contribution < 1.29 is 23.1 Å². The van der Waals surface area contributed by atoms with Gasteiger partial charge in [0.25, 0.3) is 9.05 Å². The van der Waals surface area contributed by atoms with Gasteiger partial charge in [0.2, 0.25) is 0 Å². The Morgan fingerprint density at radius 3 is 2.18 bits per heavy atom. The third kappa shape index (κ3) is 4.13. The second-order valence-electron chi connectivity index (χ2n) is 2.84. The summed E-state index contributed by atoms with van der Waals surface area (Å²) < 4.78 is 27.7. The van der Waals surface area contributed by atoms with E-state index < -0.39 is 21.6 Å². The van der Waals surface area contributed by atoms with E-state index in [9.17, 15) is 13.2 Å². The minimum atomic E-state index is -3.86. The van der Waals surface area contributed by atoms with Crippen LogP contribution in [0.2, 0.25) is 0 Å². The average molecular weight is 408 g/mol. The molecule has 0 saturated heterocycles. The van der Waals surface area contributed by atoms with Gasteiger partial charge in [-0.1, -0.05) is 0 Å². The number of hydrogen-bond donors (Lipinski definition) is 1. The first-order valence-electron chi connectivity index (χ1n) is 4.00. The number of aliphatic carboxylic acids is 1. The zero-order valence-electron chi connectivity index (χ0n) is 7.98. The van der Waals surface area contributed by atoms with Crippen LogP contribution >= 0.6 is 42.5 Å². The van der Waals surface area contributed by atoms with Crippen LogP contribution in [0.1, 0.15) is 0 Å². The van der Waals surface area contributed by atoms with Crippen molar-refractivity contribution in [2.24, 2.45) is 0 Å². The smallest absolute Gasteiger partial charge is 0.341 e. The molecule has 1 aromatic carbocycles. The second-order valence-corrected chi connectivity index (χ2v) is 7.11. The molecule has 0 bridgehead atoms. The van der Waals surface area contributed by atoms with Gasteiger partial charge < -0.3 is 9.84 Å². The van der Waals surface area contributed by atoms with Gasteiger partial charge in [-0.05, 0) is 44.0 Å². The van der Waals surface area contributed by atoms with Crippen LogP contribution in [0.5, 0.6) is 5.75 Å². The summed E-state index contributed by atoms with van der Waals surface area (Å²) in [6, 6.07) is 2.45. The first-order valence-corrected chi connectivity index (χ1v) is 7.89. The van der Waals surface area contributed by atoms with Crippen LogP contribution in [-0.2, 0) is 13.8 Å². The van der Waals surface area contributed by atoms with Crippen molar-refractivity contribution in [1.82, 2.24) is 0 Å². The number of carbonyl (C=O) groups is 1. The quantitative estimate of drug-likeness (QED) is 0.775. The van der Waals surface area contributed by atoms with E-state index in [0.717, 1.165) is 0 Å². The van der Waals surface area contributed by atoms with Gasteiger partial charge in [0.05, 0.1) is 13.8 Å². The van der Waals surface area contributed by atoms with Crippen LogP contribution in [-0.4, -0.2) is 26.1 Å². The highest BCUT2D eigenvalue weighted by Gasteiger charge is 2.17. The van der Waals surface area contributed by atoms with Crippen molar-refractivity contribution in [3.05, 3.63) is 21.1 Å². The number of carboxylic acid groups (broad SMARTS) is 1. The number of ether oxygens (including phenoxy) is 1. The monoisotopic (exact) mass is 406 g/mol. The molecule has 0 unspecified atom stereocenters. The molecule has 0 fully saturated rings. The van der Waals surface area contributed by atoms with E-state index in [1.807, 2.05) is 0 Å². The molecule has 0 spiro atoms. The highest BCUT2D eigenvalue weighted by molar-refractivity contribution is 9.11. The molecule has 9 heteroatoms. The van der Waals surface area contributed by atoms with Crippen LogP contribution < -0.4 is 4.74 Å². The molecular weight excluding hydrogens is 403 g/mol. The largest absolute Gasteiger partial charge is 0.480 e. The molecule has 17 heavy (non-hydrogen) atoms. The van der Waals surface area contributed by atoms with Crippen LogP contribution in [0.4, 0.5) is 0 Å². The standard InChI is InChI=1S/C8H5Br2ClO5S/c9-5-1-4(17(11,14)15)2-6(10)8(5)16-3-7(12)13/h1-2H,3H2,(H,12,13). The summed E-state index contributed by atoms with van der Waals surface area (Å²) in [4.78, 5) is 10.2. The molecule has 0 aliphatic heterocycles. The van der Waals surface area contributed by atoms with E-state index >= 15 is 0 Å². The second kappa shape index (κ2) is 5.55. The van der Waals surface area contributed by atoms with E-state index in [1.165, 1.54) is 12.1 Å². The third-order valence-electron chi connectivity index (χ3n) is 1.59. The van der Waals surface area contributed by atoms with Gasteiger partial charge in [0, 0.05) is 10.7 Å². The van der Waals surface area contributed by atoms with Gasteiger partial charge >= 0.3 is 5.97 Å². The number of halogens is 3. The molecule has 1 aromatic rings. The number of rotatable bonds is 4. The first kappa shape index (κ1) is 14.7. The van der Waals surface area contributed by atoms with Crippen LogP contribution in [0.25, 0.3) is 0 Å². The lowest BCUT2D eigenvalue weighted by atomic mass is 10.3. The van der Waals surface area contributed by atoms with Gasteiger partial charge in [-0.15, -0.1) is 0 Å². The molecule has 0 aliphatic carbocycles. The van der Waals surface area contributed by atoms with E-state index in [1.54, 1.807) is 0 Å². The molecule has 0 radical (unpaired) electrons. The Labute approximate surface area is 118 Å². The SMILES string of the molecule is O=C(O)COc1c(Br)cc(S(=O)(=O)Cl)cc1Br. The van der Waals surface area contributed by atoms with Crippen LogP contribution in [0, 0.1) is 0 Å². The van der Waals surface area contributed by atoms with Gasteiger partial charge in [0.1, 0.15) is 5.75 Å². The molecule has 0 atom stereocenters. The molecule has 1 rings (SSSR count). The van der Waals surface area contributed by atoms with Crippen LogP contribution in [0.15, 0.2) is 26.0 Å². The van der Waals surface area contributed by atoms with E-state index in [0.29, 0.717) is 0 Å². The number of carboxylic acids is 1. The highest BCUT2D eigenvalue weighted by Crippen LogP contribution is 2.36. The van der Waals surface area contributed by atoms with Gasteiger partial charge in [-0.25, -0.2) is 13.2 Å². The van der Waals surface area contributed by atoms with Crippen molar-refractivity contribution in [3.63, 3.8) is 0 Å². The Bertz CT molecular complexity index is 534. The molecule has 1 N–H and O–H groups in total. The third-order valence-corrected chi connectivity index (χ3v) is 4.10. The fraction of sp³-hybridized carbons (Fsp3) is 0.125. The van der Waals surface area contributed by atoms with Crippen molar-refractivity contribution in [2.45, 2.75) is 4.90 Å². The van der Waals surface area contributed by atoms with Gasteiger partial charge in [0.15, 0.2) is 6.61 Å². The lowest BCUT2D eigenvalue weighted by Crippen LogP contribution is -2.10. The van der Waals surface area contributed by atoms with Crippen molar-refractivity contribution in [2.75, 3.05) is 6.61 Å². The molecule has 0 aromatic heterocycles. The summed E-state index contributed by atoms with van der Waals surface area (Å²) in [5.41, 5.74) is 0. The van der Waals surface area contributed by atoms with E-state index in [4.69, 9.17) is 20.5 Å². The topological polar surface area (TPSA) is 80.7 Å². The fourth-order valence-corrected chi connectivity index (χ4v) is 3.45. The maximum atomic E-state index is 11.1. The molecule has 0 aliphatic rings. The minimum absolute atomic E-state index is 0.124. The zero-order valence-corrected chi connectivity index (χ0v) is 12.7. The lowest BCUT2D eigenvalue weighted by Gasteiger charge is -2.09. The normalized spacial score (nSPS) is 11.2. The van der Waals surface area contributed by atoms with Crippen molar-refractivity contribution in [3.8, 4) is 5.75 Å². The van der Waals surface area contributed by atoms with Crippen LogP contribution in [0.3, 0.4) is 0 Å². The molecule has 94 valence electrons. The molecule has 0 heterocycles. The highest BCUT2D eigenvalue weighted by atomic mass is 79.9. The fourth-order valence-electron chi connectivity index (χ4n) is 0.949. The maximum absolute atomic E-state index is 11.1. The molecule has 0 saturated carbocycles. The molecular formula is C8H5Br2ClO5S. The van der Waals surface area contributed by atoms with Gasteiger partial charge in [-0.3, -0.25) is 0 Å². The van der Waals surface area contributed by atoms with Gasteiger partial charge in [-0.2, -0.15) is 0 Å². The average Bonchev–Trinajstić information content (AvgIpc) is 2.14. The minimum Gasteiger partial charge on any atom is -0.480 e. The lowest BCUT2D eigenvalue weighted by molar-refractivity contribution is -0.139. The summed E-state index contributed by atoms with van der Waals surface area (Å²) in [5.74, 6) is -0.950. The summed E-state index contributed by atoms with van der Waals surface area (Å²) in [5, 5.41) is 8.47. The van der Waals surface area contributed by atoms with Crippen molar-refractivity contribution in [1.29, 1.82) is 0 Å². The number of hydrogen-bond acceptors (Lipinski definition) is 4.